The van der Waals surface area contributed by atoms with Crippen molar-refractivity contribution in [3.05, 3.63) is 70.9 Å². The second-order valence-corrected chi connectivity index (χ2v) is 7.82. The number of nitrogens with zero attached hydrogens (tertiary/aromatic N) is 4. The van der Waals surface area contributed by atoms with Gasteiger partial charge < -0.3 is 4.42 Å². The van der Waals surface area contributed by atoms with Crippen molar-refractivity contribution >= 4 is 40.7 Å². The molecule has 0 atom stereocenters. The van der Waals surface area contributed by atoms with Crippen LogP contribution < -0.4 is 0 Å². The minimum atomic E-state index is -0.109. The van der Waals surface area contributed by atoms with Crippen molar-refractivity contribution < 1.29 is 9.21 Å². The summed E-state index contributed by atoms with van der Waals surface area (Å²) in [6.45, 7) is 1.47. The number of Topliss-reactive ketones (excluding diaryl/α,β-unsaturated/α-hetero) is 1. The summed E-state index contributed by atoms with van der Waals surface area (Å²) in [5, 5.41) is 2.23. The van der Waals surface area contributed by atoms with Crippen LogP contribution in [0.4, 0.5) is 0 Å². The zero-order valence-electron chi connectivity index (χ0n) is 15.0. The van der Waals surface area contributed by atoms with Gasteiger partial charge in [0.05, 0.1) is 15.6 Å². The minimum Gasteiger partial charge on any atom is -0.429 e. The third-order valence-corrected chi connectivity index (χ3v) is 5.19. The van der Waals surface area contributed by atoms with Crippen LogP contribution in [0.25, 0.3) is 22.7 Å². The summed E-state index contributed by atoms with van der Waals surface area (Å²) >= 11 is 13.3. The molecule has 144 valence electrons. The first-order valence-corrected chi connectivity index (χ1v) is 9.95. The lowest BCUT2D eigenvalue weighted by Crippen LogP contribution is -1.96. The fourth-order valence-electron chi connectivity index (χ4n) is 2.47. The van der Waals surface area contributed by atoms with Gasteiger partial charge >= 0.3 is 0 Å². The fraction of sp³-hybridized carbons (Fsp3) is 0.0500. The zero-order chi connectivity index (χ0) is 20.4. The first-order chi connectivity index (χ1) is 14.0. The standard InChI is InChI=1S/C20H12Cl2N4O2S/c1-11(27)16-4-2-12(8-24-16)18-20(29-17-5-3-14(21)10-25-17)28-19(26-18)13-6-15(22)9-23-7-13/h2-10H,1H3. The van der Waals surface area contributed by atoms with Crippen LogP contribution >= 0.6 is 35.0 Å². The molecule has 0 aliphatic heterocycles. The summed E-state index contributed by atoms with van der Waals surface area (Å²) in [7, 11) is 0. The number of carbonyl (C=O) groups is 1. The number of hydrogen-bond donors (Lipinski definition) is 0. The number of oxazole rings is 1. The van der Waals surface area contributed by atoms with Gasteiger partial charge in [-0.3, -0.25) is 14.8 Å². The van der Waals surface area contributed by atoms with E-state index in [1.165, 1.54) is 24.9 Å². The van der Waals surface area contributed by atoms with Gasteiger partial charge in [0.1, 0.15) is 16.4 Å². The molecule has 0 unspecified atom stereocenters. The minimum absolute atomic E-state index is 0.109. The van der Waals surface area contributed by atoms with Crippen molar-refractivity contribution in [3.8, 4) is 22.7 Å². The molecule has 0 bridgehead atoms. The van der Waals surface area contributed by atoms with E-state index in [1.54, 1.807) is 48.9 Å². The fourth-order valence-corrected chi connectivity index (χ4v) is 3.57. The predicted octanol–water partition coefficient (Wildman–Crippen LogP) is 5.85. The molecule has 0 aliphatic rings. The first-order valence-electron chi connectivity index (χ1n) is 8.38. The quantitative estimate of drug-likeness (QED) is 0.358. The lowest BCUT2D eigenvalue weighted by molar-refractivity contribution is 0.101. The molecule has 0 saturated carbocycles. The monoisotopic (exact) mass is 442 g/mol. The van der Waals surface area contributed by atoms with Crippen molar-refractivity contribution in [2.45, 2.75) is 17.0 Å². The molecule has 29 heavy (non-hydrogen) atoms. The molecule has 0 fully saturated rings. The van der Waals surface area contributed by atoms with Crippen LogP contribution in [0.1, 0.15) is 17.4 Å². The Morgan fingerprint density at radius 1 is 0.966 bits per heavy atom. The Labute approximate surface area is 180 Å². The van der Waals surface area contributed by atoms with Gasteiger partial charge in [-0.15, -0.1) is 0 Å². The lowest BCUT2D eigenvalue weighted by Gasteiger charge is -2.02. The normalized spacial score (nSPS) is 10.9. The summed E-state index contributed by atoms with van der Waals surface area (Å²) in [5.41, 5.74) is 2.30. The number of pyridine rings is 3. The van der Waals surface area contributed by atoms with Crippen molar-refractivity contribution in [2.24, 2.45) is 0 Å². The number of hydrogen-bond acceptors (Lipinski definition) is 7. The predicted molar refractivity (Wildman–Crippen MR) is 111 cm³/mol. The number of aromatic nitrogens is 4. The molecule has 4 rings (SSSR count). The van der Waals surface area contributed by atoms with E-state index in [4.69, 9.17) is 27.6 Å². The smallest absolute Gasteiger partial charge is 0.229 e. The van der Waals surface area contributed by atoms with E-state index in [-0.39, 0.29) is 5.78 Å². The third-order valence-electron chi connectivity index (χ3n) is 3.84. The van der Waals surface area contributed by atoms with E-state index >= 15 is 0 Å². The number of ketones is 1. The van der Waals surface area contributed by atoms with E-state index in [9.17, 15) is 4.79 Å². The summed E-state index contributed by atoms with van der Waals surface area (Å²) in [5.74, 6) is 0.254. The van der Waals surface area contributed by atoms with Crippen LogP contribution in [0.5, 0.6) is 0 Å². The zero-order valence-corrected chi connectivity index (χ0v) is 17.3. The number of carbonyl (C=O) groups excluding carboxylic acids is 1. The van der Waals surface area contributed by atoms with Gasteiger partial charge in [0.2, 0.25) is 5.89 Å². The van der Waals surface area contributed by atoms with Crippen molar-refractivity contribution in [2.75, 3.05) is 0 Å². The van der Waals surface area contributed by atoms with Crippen LogP contribution in [0.2, 0.25) is 10.0 Å². The van der Waals surface area contributed by atoms with Gasteiger partial charge in [0.15, 0.2) is 10.9 Å². The maximum atomic E-state index is 11.5. The molecule has 0 amide bonds. The Balaban J connectivity index is 1.78. The Morgan fingerprint density at radius 3 is 2.48 bits per heavy atom. The summed E-state index contributed by atoms with van der Waals surface area (Å²) in [4.78, 5) is 28.7. The molecule has 4 aromatic heterocycles. The second kappa shape index (κ2) is 8.32. The molecule has 0 aromatic carbocycles. The molecule has 0 aliphatic carbocycles. The molecule has 0 saturated heterocycles. The maximum absolute atomic E-state index is 11.5. The molecule has 4 aromatic rings. The van der Waals surface area contributed by atoms with Gasteiger partial charge in [-0.2, -0.15) is 0 Å². The van der Waals surface area contributed by atoms with Crippen molar-refractivity contribution in [3.63, 3.8) is 0 Å². The van der Waals surface area contributed by atoms with E-state index in [2.05, 4.69) is 19.9 Å². The van der Waals surface area contributed by atoms with Crippen LogP contribution in [0.3, 0.4) is 0 Å². The summed E-state index contributed by atoms with van der Waals surface area (Å²) in [6, 6.07) is 8.69. The Hall–Kier alpha value is -2.74. The van der Waals surface area contributed by atoms with Crippen molar-refractivity contribution in [1.29, 1.82) is 0 Å². The molecule has 0 N–H and O–H groups in total. The molecule has 0 spiro atoms. The molecule has 6 nitrogen and oxygen atoms in total. The van der Waals surface area contributed by atoms with E-state index in [0.717, 1.165) is 0 Å². The third kappa shape index (κ3) is 4.48. The topological polar surface area (TPSA) is 81.8 Å². The van der Waals surface area contributed by atoms with E-state index in [0.29, 0.717) is 48.6 Å². The van der Waals surface area contributed by atoms with Crippen LogP contribution in [-0.4, -0.2) is 25.7 Å². The van der Waals surface area contributed by atoms with E-state index < -0.39 is 0 Å². The van der Waals surface area contributed by atoms with Crippen LogP contribution in [-0.2, 0) is 0 Å². The highest BCUT2D eigenvalue weighted by molar-refractivity contribution is 7.99. The SMILES string of the molecule is CC(=O)c1ccc(-c2nc(-c3cncc(Cl)c3)oc2Sc2ccc(Cl)cn2)cn1. The Morgan fingerprint density at radius 2 is 1.83 bits per heavy atom. The largest absolute Gasteiger partial charge is 0.429 e. The highest BCUT2D eigenvalue weighted by Gasteiger charge is 2.19. The highest BCUT2D eigenvalue weighted by atomic mass is 35.5. The first kappa shape index (κ1) is 19.6. The highest BCUT2D eigenvalue weighted by Crippen LogP contribution is 2.38. The molecular weight excluding hydrogens is 431 g/mol. The van der Waals surface area contributed by atoms with Gasteiger partial charge in [-0.1, -0.05) is 23.2 Å². The van der Waals surface area contributed by atoms with Gasteiger partial charge in [-0.25, -0.2) is 9.97 Å². The molecular formula is C20H12Cl2N4O2S. The summed E-state index contributed by atoms with van der Waals surface area (Å²) < 4.78 is 6.01. The van der Waals surface area contributed by atoms with Crippen LogP contribution in [0, 0.1) is 0 Å². The van der Waals surface area contributed by atoms with E-state index in [1.807, 2.05) is 0 Å². The van der Waals surface area contributed by atoms with Gasteiger partial charge in [0.25, 0.3) is 0 Å². The summed E-state index contributed by atoms with van der Waals surface area (Å²) in [6.07, 6.45) is 6.30. The van der Waals surface area contributed by atoms with Crippen LogP contribution in [0.15, 0.2) is 69.7 Å². The number of halogens is 2. The molecule has 0 radical (unpaired) electrons. The Bertz CT molecular complexity index is 1180. The molecule has 4 heterocycles. The number of rotatable bonds is 5. The van der Waals surface area contributed by atoms with Crippen molar-refractivity contribution in [1.82, 2.24) is 19.9 Å². The van der Waals surface area contributed by atoms with Gasteiger partial charge in [0, 0.05) is 37.3 Å². The lowest BCUT2D eigenvalue weighted by atomic mass is 10.2. The maximum Gasteiger partial charge on any atom is 0.229 e. The average Bonchev–Trinajstić information content (AvgIpc) is 3.13. The Kier molecular flexibility index (Phi) is 5.62. The molecule has 9 heteroatoms. The second-order valence-electron chi connectivity index (χ2n) is 5.95. The van der Waals surface area contributed by atoms with Gasteiger partial charge in [-0.05, 0) is 42.1 Å². The average molecular weight is 443 g/mol.